The standard InChI is InChI=1S/C12H9N.HO3P/c1-3-7-11-9(5-1)10-6-2-4-8-12(10)13-11;1-4(2)3/h1-8,13H;(H-,1,2,3)/p+1. The normalized spacial score (nSPS) is 10.0. The quantitative estimate of drug-likeness (QED) is 0.535. The fraction of sp³-hybridized carbons (Fsp3) is 0. The smallest absolute Gasteiger partial charge is 0.355 e. The van der Waals surface area contributed by atoms with Crippen LogP contribution in [0.3, 0.4) is 0 Å². The molecular weight excluding hydrogens is 237 g/mol. The summed E-state index contributed by atoms with van der Waals surface area (Å²) >= 11 is 0. The lowest BCUT2D eigenvalue weighted by atomic mass is 10.2. The third kappa shape index (κ3) is 2.68. The summed E-state index contributed by atoms with van der Waals surface area (Å²) in [6, 6.07) is 16.8. The van der Waals surface area contributed by atoms with E-state index in [1.807, 2.05) is 0 Å². The first-order chi connectivity index (χ1) is 8.18. The number of para-hydroxylation sites is 2. The van der Waals surface area contributed by atoms with Crippen molar-refractivity contribution in [3.05, 3.63) is 48.5 Å². The van der Waals surface area contributed by atoms with E-state index in [1.165, 1.54) is 21.8 Å². The maximum absolute atomic E-state index is 8.70. The van der Waals surface area contributed by atoms with Crippen molar-refractivity contribution in [3.63, 3.8) is 0 Å². The van der Waals surface area contributed by atoms with Crippen LogP contribution in [0.15, 0.2) is 48.5 Å². The van der Waals surface area contributed by atoms with Crippen LogP contribution in [0, 0.1) is 0 Å². The van der Waals surface area contributed by atoms with Gasteiger partial charge in [0.15, 0.2) is 0 Å². The highest BCUT2D eigenvalue weighted by molar-refractivity contribution is 7.30. The van der Waals surface area contributed by atoms with E-state index in [-0.39, 0.29) is 0 Å². The molecule has 0 aliphatic heterocycles. The molecule has 0 fully saturated rings. The minimum absolute atomic E-state index is 1.21. The second kappa shape index (κ2) is 5.06. The fourth-order valence-electron chi connectivity index (χ4n) is 1.80. The Kier molecular flexibility index (Phi) is 3.49. The van der Waals surface area contributed by atoms with Crippen LogP contribution < -0.4 is 0 Å². The number of nitrogens with one attached hydrogen (secondary N) is 1. The first-order valence-electron chi connectivity index (χ1n) is 4.99. The van der Waals surface area contributed by atoms with Gasteiger partial charge in [-0.25, -0.2) is 0 Å². The zero-order valence-corrected chi connectivity index (χ0v) is 9.76. The van der Waals surface area contributed by atoms with Gasteiger partial charge in [-0.15, -0.1) is 9.79 Å². The minimum atomic E-state index is -2.87. The molecule has 0 radical (unpaired) electrons. The molecule has 0 saturated heterocycles. The van der Waals surface area contributed by atoms with E-state index in [1.54, 1.807) is 0 Å². The number of rotatable bonds is 0. The minimum Gasteiger partial charge on any atom is -0.355 e. The number of hydrogen-bond donors (Lipinski definition) is 3. The molecule has 86 valence electrons. The fourth-order valence-corrected chi connectivity index (χ4v) is 1.80. The van der Waals surface area contributed by atoms with Crippen molar-refractivity contribution in [1.82, 2.24) is 4.98 Å². The summed E-state index contributed by atoms with van der Waals surface area (Å²) in [5, 5.41) is 2.61. The molecule has 0 atom stereocenters. The predicted molar refractivity (Wildman–Crippen MR) is 67.8 cm³/mol. The molecule has 17 heavy (non-hydrogen) atoms. The van der Waals surface area contributed by atoms with E-state index >= 15 is 0 Å². The molecule has 0 unspecified atom stereocenters. The number of aromatic amines is 1. The van der Waals surface area contributed by atoms with Gasteiger partial charge in [0.2, 0.25) is 0 Å². The Morgan fingerprint density at radius 2 is 1.18 bits per heavy atom. The summed E-state index contributed by atoms with van der Waals surface area (Å²) in [5.74, 6) is 0. The van der Waals surface area contributed by atoms with Crippen LogP contribution in [0.25, 0.3) is 21.8 Å². The summed E-state index contributed by atoms with van der Waals surface area (Å²) in [7, 11) is -2.87. The van der Waals surface area contributed by atoms with Gasteiger partial charge in [-0.3, -0.25) is 0 Å². The van der Waals surface area contributed by atoms with E-state index in [0.717, 1.165) is 0 Å². The van der Waals surface area contributed by atoms with E-state index in [4.69, 9.17) is 14.4 Å². The topological polar surface area (TPSA) is 73.3 Å². The molecule has 5 heteroatoms. The molecule has 4 nitrogen and oxygen atoms in total. The third-order valence-electron chi connectivity index (χ3n) is 2.41. The maximum Gasteiger partial charge on any atom is 0.692 e. The van der Waals surface area contributed by atoms with Gasteiger partial charge in [-0.05, 0) is 12.1 Å². The first-order valence-corrected chi connectivity index (χ1v) is 6.15. The van der Waals surface area contributed by atoms with E-state index in [0.29, 0.717) is 0 Å². The average molecular weight is 248 g/mol. The van der Waals surface area contributed by atoms with Crippen molar-refractivity contribution in [2.75, 3.05) is 0 Å². The van der Waals surface area contributed by atoms with Crippen LogP contribution in [-0.2, 0) is 4.57 Å². The molecule has 3 aromatic rings. The van der Waals surface area contributed by atoms with Crippen LogP contribution in [-0.4, -0.2) is 14.8 Å². The molecular formula is C12H11NO3P+. The van der Waals surface area contributed by atoms with Gasteiger partial charge in [-0.2, -0.15) is 0 Å². The molecule has 3 N–H and O–H groups in total. The molecule has 1 heterocycles. The highest BCUT2D eigenvalue weighted by atomic mass is 31.1. The van der Waals surface area contributed by atoms with Crippen LogP contribution in [0.5, 0.6) is 0 Å². The molecule has 0 aliphatic rings. The highest BCUT2D eigenvalue weighted by Crippen LogP contribution is 2.24. The SMILES string of the molecule is O=[P+](O)O.c1ccc2c(c1)[nH]c1ccccc12. The Balaban J connectivity index is 0.000000239. The van der Waals surface area contributed by atoms with Gasteiger partial charge in [0.05, 0.1) is 0 Å². The summed E-state index contributed by atoms with van der Waals surface area (Å²) in [6.45, 7) is 0. The lowest BCUT2D eigenvalue weighted by molar-refractivity contribution is 0.405. The Labute approximate surface area is 98.5 Å². The Hall–Kier alpha value is -1.74. The number of H-pyrrole nitrogens is 1. The summed E-state index contributed by atoms with van der Waals surface area (Å²) in [6.07, 6.45) is 0. The van der Waals surface area contributed by atoms with Crippen LogP contribution >= 0.6 is 8.25 Å². The average Bonchev–Trinajstić information content (AvgIpc) is 2.66. The van der Waals surface area contributed by atoms with E-state index in [2.05, 4.69) is 53.5 Å². The van der Waals surface area contributed by atoms with Gasteiger partial charge in [0, 0.05) is 26.4 Å². The van der Waals surface area contributed by atoms with E-state index in [9.17, 15) is 0 Å². The molecule has 0 bridgehead atoms. The Bertz CT molecular complexity index is 608. The maximum atomic E-state index is 8.70. The molecule has 0 spiro atoms. The molecule has 0 aliphatic carbocycles. The van der Waals surface area contributed by atoms with Crippen molar-refractivity contribution in [1.29, 1.82) is 0 Å². The second-order valence-corrected chi connectivity index (χ2v) is 3.97. The Morgan fingerprint density at radius 1 is 0.824 bits per heavy atom. The predicted octanol–water partition coefficient (Wildman–Crippen LogP) is 2.95. The third-order valence-corrected chi connectivity index (χ3v) is 2.41. The number of benzene rings is 2. The Morgan fingerprint density at radius 3 is 1.59 bits per heavy atom. The monoisotopic (exact) mass is 248 g/mol. The van der Waals surface area contributed by atoms with Crippen LogP contribution in [0.2, 0.25) is 0 Å². The van der Waals surface area contributed by atoms with E-state index < -0.39 is 8.25 Å². The summed E-state index contributed by atoms with van der Waals surface area (Å²) in [5.41, 5.74) is 2.42. The van der Waals surface area contributed by atoms with Crippen molar-refractivity contribution >= 4 is 30.1 Å². The zero-order valence-electron chi connectivity index (χ0n) is 8.87. The lowest BCUT2D eigenvalue weighted by Crippen LogP contribution is -1.62. The van der Waals surface area contributed by atoms with Crippen LogP contribution in [0.1, 0.15) is 0 Å². The van der Waals surface area contributed by atoms with Crippen molar-refractivity contribution in [2.24, 2.45) is 0 Å². The number of fused-ring (bicyclic) bond motifs is 3. The largest absolute Gasteiger partial charge is 0.692 e. The van der Waals surface area contributed by atoms with Gasteiger partial charge in [0.1, 0.15) is 0 Å². The van der Waals surface area contributed by atoms with Gasteiger partial charge >= 0.3 is 8.25 Å². The number of hydrogen-bond acceptors (Lipinski definition) is 1. The van der Waals surface area contributed by atoms with Gasteiger partial charge in [-0.1, -0.05) is 36.4 Å². The highest BCUT2D eigenvalue weighted by Gasteiger charge is 2.00. The summed E-state index contributed by atoms with van der Waals surface area (Å²) in [4.78, 5) is 17.6. The summed E-state index contributed by atoms with van der Waals surface area (Å²) < 4.78 is 8.70. The zero-order chi connectivity index (χ0) is 12.3. The molecule has 0 amide bonds. The molecule has 0 saturated carbocycles. The first kappa shape index (κ1) is 11.7. The molecule has 2 aromatic carbocycles. The molecule has 1 aromatic heterocycles. The lowest BCUT2D eigenvalue weighted by Gasteiger charge is -1.87. The van der Waals surface area contributed by atoms with Crippen molar-refractivity contribution in [2.45, 2.75) is 0 Å². The number of aromatic nitrogens is 1. The van der Waals surface area contributed by atoms with Gasteiger partial charge < -0.3 is 4.98 Å². The van der Waals surface area contributed by atoms with Gasteiger partial charge in [0.25, 0.3) is 0 Å². The van der Waals surface area contributed by atoms with Crippen molar-refractivity contribution in [3.8, 4) is 0 Å². The van der Waals surface area contributed by atoms with Crippen molar-refractivity contribution < 1.29 is 14.4 Å². The van der Waals surface area contributed by atoms with Crippen LogP contribution in [0.4, 0.5) is 0 Å². The second-order valence-electron chi connectivity index (χ2n) is 3.47. The molecule has 3 rings (SSSR count).